The average molecular weight is 238 g/mol. The van der Waals surface area contributed by atoms with Gasteiger partial charge in [-0.05, 0) is 50.4 Å². The Morgan fingerprint density at radius 1 is 1.24 bits per heavy atom. The molecule has 0 bridgehead atoms. The van der Waals surface area contributed by atoms with Gasteiger partial charge in [0, 0.05) is 5.92 Å². The fraction of sp³-hybridized carbons (Fsp3) is 1.00. The van der Waals surface area contributed by atoms with Gasteiger partial charge >= 0.3 is 0 Å². The Kier molecular flexibility index (Phi) is 2.45. The highest BCUT2D eigenvalue weighted by Crippen LogP contribution is 2.61. The predicted molar refractivity (Wildman–Crippen MR) is 67.7 cm³/mol. The molecular weight excluding hydrogens is 212 g/mol. The molecule has 1 N–H and O–H groups in total. The zero-order valence-electron chi connectivity index (χ0n) is 11.6. The topological polar surface area (TPSA) is 32.8 Å². The van der Waals surface area contributed by atoms with Gasteiger partial charge in [0.15, 0.2) is 0 Å². The molecule has 2 nitrogen and oxygen atoms in total. The Hall–Kier alpha value is -0.0800. The maximum absolute atomic E-state index is 11.1. The molecule has 1 heterocycles. The highest BCUT2D eigenvalue weighted by atomic mass is 16.6. The number of rotatable bonds is 1. The molecular formula is C15H26O2. The van der Waals surface area contributed by atoms with Gasteiger partial charge in [-0.1, -0.05) is 20.8 Å². The largest absolute Gasteiger partial charge is 0.389 e. The van der Waals surface area contributed by atoms with Crippen molar-refractivity contribution in [2.45, 2.75) is 70.7 Å². The molecule has 0 spiro atoms. The van der Waals surface area contributed by atoms with Crippen molar-refractivity contribution < 1.29 is 9.84 Å². The van der Waals surface area contributed by atoms with Gasteiger partial charge in [-0.3, -0.25) is 0 Å². The molecule has 3 rings (SSSR count). The minimum Gasteiger partial charge on any atom is -0.389 e. The molecule has 3 fully saturated rings. The predicted octanol–water partition coefficient (Wildman–Crippen LogP) is 2.99. The van der Waals surface area contributed by atoms with Crippen molar-refractivity contribution in [3.8, 4) is 0 Å². The summed E-state index contributed by atoms with van der Waals surface area (Å²) in [5, 5.41) is 11.1. The van der Waals surface area contributed by atoms with Gasteiger partial charge in [0.1, 0.15) is 0 Å². The molecule has 0 aromatic heterocycles. The molecule has 0 amide bonds. The Morgan fingerprint density at radius 2 is 1.94 bits per heavy atom. The van der Waals surface area contributed by atoms with Gasteiger partial charge in [0.2, 0.25) is 0 Å². The van der Waals surface area contributed by atoms with Crippen molar-refractivity contribution in [2.24, 2.45) is 23.7 Å². The molecule has 2 aliphatic carbocycles. The van der Waals surface area contributed by atoms with Gasteiger partial charge in [0.05, 0.1) is 17.3 Å². The number of aliphatic hydroxyl groups is 1. The first-order valence-electron chi connectivity index (χ1n) is 7.29. The van der Waals surface area contributed by atoms with Crippen LogP contribution >= 0.6 is 0 Å². The summed E-state index contributed by atoms with van der Waals surface area (Å²) in [5.41, 5.74) is -0.352. The van der Waals surface area contributed by atoms with Gasteiger partial charge in [-0.25, -0.2) is 0 Å². The van der Waals surface area contributed by atoms with E-state index in [1.807, 2.05) is 0 Å². The van der Waals surface area contributed by atoms with E-state index in [-0.39, 0.29) is 5.60 Å². The van der Waals surface area contributed by atoms with Crippen LogP contribution in [-0.4, -0.2) is 22.4 Å². The molecule has 3 aliphatic rings. The lowest BCUT2D eigenvalue weighted by atomic mass is 9.55. The van der Waals surface area contributed by atoms with Crippen LogP contribution in [0, 0.1) is 23.7 Å². The van der Waals surface area contributed by atoms with Crippen LogP contribution in [0.2, 0.25) is 0 Å². The van der Waals surface area contributed by atoms with E-state index in [4.69, 9.17) is 4.74 Å². The van der Waals surface area contributed by atoms with E-state index in [0.717, 1.165) is 12.8 Å². The lowest BCUT2D eigenvalue weighted by Crippen LogP contribution is -2.57. The van der Waals surface area contributed by atoms with Crippen molar-refractivity contribution in [3.63, 3.8) is 0 Å². The fourth-order valence-corrected chi connectivity index (χ4v) is 4.58. The molecule has 0 aromatic carbocycles. The third-order valence-corrected chi connectivity index (χ3v) is 5.97. The Labute approximate surface area is 105 Å². The number of epoxide rings is 1. The summed E-state index contributed by atoms with van der Waals surface area (Å²) in [6.07, 6.45) is 4.76. The molecule has 2 saturated carbocycles. The van der Waals surface area contributed by atoms with Gasteiger partial charge in [-0.15, -0.1) is 0 Å². The molecule has 0 radical (unpaired) electrons. The lowest BCUT2D eigenvalue weighted by molar-refractivity contribution is -0.140. The minimum absolute atomic E-state index is 0.0983. The first-order chi connectivity index (χ1) is 7.88. The first kappa shape index (κ1) is 12.0. The highest BCUT2D eigenvalue weighted by Gasteiger charge is 2.68. The monoisotopic (exact) mass is 238 g/mol. The summed E-state index contributed by atoms with van der Waals surface area (Å²) in [7, 11) is 0. The third-order valence-electron chi connectivity index (χ3n) is 5.97. The summed E-state index contributed by atoms with van der Waals surface area (Å²) in [5.74, 6) is 2.12. The van der Waals surface area contributed by atoms with Crippen molar-refractivity contribution in [3.05, 3.63) is 0 Å². The van der Waals surface area contributed by atoms with E-state index in [0.29, 0.717) is 29.8 Å². The second-order valence-corrected chi connectivity index (χ2v) is 7.25. The number of hydrogen-bond donors (Lipinski definition) is 1. The second kappa shape index (κ2) is 3.48. The molecule has 17 heavy (non-hydrogen) atoms. The zero-order valence-corrected chi connectivity index (χ0v) is 11.6. The van der Waals surface area contributed by atoms with Crippen LogP contribution in [0.4, 0.5) is 0 Å². The summed E-state index contributed by atoms with van der Waals surface area (Å²) < 4.78 is 5.97. The smallest absolute Gasteiger partial charge is 0.0929 e. The summed E-state index contributed by atoms with van der Waals surface area (Å²) in [4.78, 5) is 0. The van der Waals surface area contributed by atoms with E-state index >= 15 is 0 Å². The highest BCUT2D eigenvalue weighted by molar-refractivity contribution is 5.17. The van der Waals surface area contributed by atoms with Crippen LogP contribution in [-0.2, 0) is 4.74 Å². The van der Waals surface area contributed by atoms with Crippen molar-refractivity contribution in [1.82, 2.24) is 0 Å². The van der Waals surface area contributed by atoms with Crippen LogP contribution < -0.4 is 0 Å². The number of ether oxygens (including phenoxy) is 1. The molecule has 1 saturated heterocycles. The van der Waals surface area contributed by atoms with Crippen LogP contribution in [0.25, 0.3) is 0 Å². The average Bonchev–Trinajstić information content (AvgIpc) is 2.92. The van der Waals surface area contributed by atoms with Crippen LogP contribution in [0.15, 0.2) is 0 Å². The summed E-state index contributed by atoms with van der Waals surface area (Å²) >= 11 is 0. The van der Waals surface area contributed by atoms with Crippen molar-refractivity contribution in [1.29, 1.82) is 0 Å². The van der Waals surface area contributed by atoms with Crippen LogP contribution in [0.1, 0.15) is 53.4 Å². The van der Waals surface area contributed by atoms with E-state index in [2.05, 4.69) is 27.7 Å². The van der Waals surface area contributed by atoms with Gasteiger partial charge in [-0.2, -0.15) is 0 Å². The molecule has 2 heteroatoms. The number of hydrogen-bond acceptors (Lipinski definition) is 2. The van der Waals surface area contributed by atoms with Crippen molar-refractivity contribution >= 4 is 0 Å². The van der Waals surface area contributed by atoms with Crippen molar-refractivity contribution in [2.75, 3.05) is 0 Å². The van der Waals surface area contributed by atoms with Gasteiger partial charge in [0.25, 0.3) is 0 Å². The van der Waals surface area contributed by atoms with E-state index in [9.17, 15) is 5.11 Å². The van der Waals surface area contributed by atoms with Crippen LogP contribution in [0.5, 0.6) is 0 Å². The second-order valence-electron chi connectivity index (χ2n) is 7.25. The van der Waals surface area contributed by atoms with E-state index in [1.54, 1.807) is 0 Å². The molecule has 0 unspecified atom stereocenters. The Bertz CT molecular complexity index is 327. The standard InChI is InChI=1S/C15H26O2/c1-9(2)11-6-5-10(3)15(16)8-7-14(4)13(17-14)12(11)15/h9-13,16H,5-8H2,1-4H3/t10-,11+,12-,13+,14-,15-/m1/s1. The SMILES string of the molecule is CC(C)[C@@H]1CC[C@@H](C)[C@]2(O)CC[C@@]3(C)O[C@H]3[C@@H]12. The number of fused-ring (bicyclic) bond motifs is 3. The molecule has 0 aromatic rings. The molecule has 98 valence electrons. The minimum atomic E-state index is -0.451. The van der Waals surface area contributed by atoms with Crippen LogP contribution in [0.3, 0.4) is 0 Å². The zero-order chi connectivity index (χ0) is 12.4. The third kappa shape index (κ3) is 1.53. The first-order valence-corrected chi connectivity index (χ1v) is 7.29. The lowest BCUT2D eigenvalue weighted by Gasteiger charge is -2.52. The normalized spacial score (nSPS) is 57.5. The quantitative estimate of drug-likeness (QED) is 0.712. The maximum Gasteiger partial charge on any atom is 0.0929 e. The van der Waals surface area contributed by atoms with E-state index < -0.39 is 5.60 Å². The Morgan fingerprint density at radius 3 is 2.59 bits per heavy atom. The maximum atomic E-state index is 11.1. The van der Waals surface area contributed by atoms with Gasteiger partial charge < -0.3 is 9.84 Å². The molecule has 1 aliphatic heterocycles. The summed E-state index contributed by atoms with van der Waals surface area (Å²) in [6, 6.07) is 0. The fourth-order valence-electron chi connectivity index (χ4n) is 4.58. The molecule has 6 atom stereocenters. The van der Waals surface area contributed by atoms with E-state index in [1.165, 1.54) is 12.8 Å². The Balaban J connectivity index is 1.94. The summed E-state index contributed by atoms with van der Waals surface area (Å²) in [6.45, 7) is 9.06.